The van der Waals surface area contributed by atoms with Crippen LogP contribution in [0.25, 0.3) is 11.2 Å². The van der Waals surface area contributed by atoms with Gasteiger partial charge in [-0.1, -0.05) is 0 Å². The van der Waals surface area contributed by atoms with Gasteiger partial charge in [-0.2, -0.15) is 0 Å². The zero-order valence-electron chi connectivity index (χ0n) is 16.4. The van der Waals surface area contributed by atoms with E-state index in [-0.39, 0.29) is 35.8 Å². The molecular formula is C17H28N6O3. The van der Waals surface area contributed by atoms with Crippen molar-refractivity contribution < 1.29 is 4.79 Å². The Morgan fingerprint density at radius 1 is 1.27 bits per heavy atom. The summed E-state index contributed by atoms with van der Waals surface area (Å²) in [5.74, 6) is -0.0515. The van der Waals surface area contributed by atoms with Gasteiger partial charge in [0.15, 0.2) is 11.2 Å². The summed E-state index contributed by atoms with van der Waals surface area (Å²) in [7, 11) is 5.18. The lowest BCUT2D eigenvalue weighted by Gasteiger charge is -2.23. The van der Waals surface area contributed by atoms with E-state index in [2.05, 4.69) is 10.3 Å². The fraction of sp³-hybridized carbons (Fsp3) is 0.647. The number of likely N-dealkylation sites (N-methyl/N-ethyl adjacent to an activating group) is 1. The maximum absolute atomic E-state index is 12.6. The van der Waals surface area contributed by atoms with Crippen LogP contribution in [0.15, 0.2) is 15.9 Å². The molecule has 0 spiro atoms. The molecule has 144 valence electrons. The quantitative estimate of drug-likeness (QED) is 0.757. The Hall–Kier alpha value is -2.42. The smallest absolute Gasteiger partial charge is 0.332 e. The summed E-state index contributed by atoms with van der Waals surface area (Å²) in [5, 5.41) is 2.91. The maximum Gasteiger partial charge on any atom is 0.332 e. The molecule has 0 saturated carbocycles. The number of fused-ring (bicyclic) bond motifs is 1. The molecule has 26 heavy (non-hydrogen) atoms. The average molecular weight is 364 g/mol. The van der Waals surface area contributed by atoms with Crippen molar-refractivity contribution in [2.24, 2.45) is 14.1 Å². The van der Waals surface area contributed by atoms with E-state index in [4.69, 9.17) is 0 Å². The van der Waals surface area contributed by atoms with E-state index in [1.165, 1.54) is 15.5 Å². The van der Waals surface area contributed by atoms with Gasteiger partial charge >= 0.3 is 5.69 Å². The lowest BCUT2D eigenvalue weighted by Crippen LogP contribution is -2.45. The van der Waals surface area contributed by atoms with Gasteiger partial charge in [-0.15, -0.1) is 0 Å². The summed E-state index contributed by atoms with van der Waals surface area (Å²) >= 11 is 0. The van der Waals surface area contributed by atoms with Crippen molar-refractivity contribution in [1.29, 1.82) is 0 Å². The highest BCUT2D eigenvalue weighted by Gasteiger charge is 2.16. The van der Waals surface area contributed by atoms with E-state index in [0.29, 0.717) is 24.1 Å². The number of hydrogen-bond acceptors (Lipinski definition) is 5. The van der Waals surface area contributed by atoms with Gasteiger partial charge in [-0.05, 0) is 34.2 Å². The number of nitrogens with zero attached hydrogens (tertiary/aromatic N) is 5. The van der Waals surface area contributed by atoms with E-state index in [1.54, 1.807) is 18.7 Å². The standard InChI is InChI=1S/C17H28N6O3/c1-17(2,3)19-12(24)10-20(4)8-7-9-23-15(25)13-14(18-11-21(13)5)22(6)16(23)26/h11H,7-10H2,1-6H3,(H,19,24). The zero-order valence-corrected chi connectivity index (χ0v) is 16.4. The number of carbonyl (C=O) groups is 1. The van der Waals surface area contributed by atoms with E-state index in [9.17, 15) is 14.4 Å². The Morgan fingerprint density at radius 2 is 1.92 bits per heavy atom. The van der Waals surface area contributed by atoms with E-state index >= 15 is 0 Å². The molecule has 2 aromatic rings. The molecule has 0 aliphatic carbocycles. The monoisotopic (exact) mass is 364 g/mol. The molecule has 0 saturated heterocycles. The SMILES string of the molecule is CN(CCCn1c(=O)c2c(ncn2C)n(C)c1=O)CC(=O)NC(C)(C)C. The summed E-state index contributed by atoms with van der Waals surface area (Å²) in [4.78, 5) is 43.0. The molecule has 1 amide bonds. The third-order valence-corrected chi connectivity index (χ3v) is 4.05. The number of hydrogen-bond donors (Lipinski definition) is 1. The van der Waals surface area contributed by atoms with Gasteiger partial charge in [-0.3, -0.25) is 23.6 Å². The van der Waals surface area contributed by atoms with Gasteiger partial charge in [0, 0.05) is 32.7 Å². The minimum atomic E-state index is -0.380. The minimum absolute atomic E-state index is 0.0515. The maximum atomic E-state index is 12.6. The molecule has 2 aromatic heterocycles. The van der Waals surface area contributed by atoms with Crippen LogP contribution >= 0.6 is 0 Å². The highest BCUT2D eigenvalue weighted by atomic mass is 16.2. The van der Waals surface area contributed by atoms with E-state index in [0.717, 1.165) is 0 Å². The van der Waals surface area contributed by atoms with Gasteiger partial charge in [0.05, 0.1) is 12.9 Å². The minimum Gasteiger partial charge on any atom is -0.350 e. The largest absolute Gasteiger partial charge is 0.350 e. The van der Waals surface area contributed by atoms with Crippen molar-refractivity contribution in [3.8, 4) is 0 Å². The fourth-order valence-electron chi connectivity index (χ4n) is 2.87. The Bertz CT molecular complexity index is 915. The van der Waals surface area contributed by atoms with E-state index in [1.807, 2.05) is 32.7 Å². The van der Waals surface area contributed by atoms with E-state index < -0.39 is 0 Å². The summed E-state index contributed by atoms with van der Waals surface area (Å²) in [6, 6.07) is 0. The first kappa shape index (κ1) is 19.9. The predicted octanol–water partition coefficient (Wildman–Crippen LogP) is -0.330. The van der Waals surface area contributed by atoms with Crippen molar-refractivity contribution in [2.45, 2.75) is 39.3 Å². The van der Waals surface area contributed by atoms with Crippen LogP contribution in [0, 0.1) is 0 Å². The van der Waals surface area contributed by atoms with Crippen LogP contribution in [-0.2, 0) is 25.4 Å². The molecule has 0 aliphatic heterocycles. The molecule has 0 radical (unpaired) electrons. The van der Waals surface area contributed by atoms with Crippen molar-refractivity contribution >= 4 is 17.1 Å². The van der Waals surface area contributed by atoms with Gasteiger partial charge in [0.25, 0.3) is 5.56 Å². The lowest BCUT2D eigenvalue weighted by molar-refractivity contribution is -0.123. The number of imidazole rings is 1. The number of aryl methyl sites for hydroxylation is 2. The van der Waals surface area contributed by atoms with Crippen LogP contribution in [0.4, 0.5) is 0 Å². The molecule has 0 bridgehead atoms. The van der Waals surface area contributed by atoms with Gasteiger partial charge < -0.3 is 9.88 Å². The Kier molecular flexibility index (Phi) is 5.70. The average Bonchev–Trinajstić information content (AvgIpc) is 2.88. The van der Waals surface area contributed by atoms with Crippen LogP contribution in [0.5, 0.6) is 0 Å². The second kappa shape index (κ2) is 7.45. The highest BCUT2D eigenvalue weighted by Crippen LogP contribution is 2.03. The predicted molar refractivity (Wildman–Crippen MR) is 100 cm³/mol. The Balaban J connectivity index is 2.04. The molecule has 1 N–H and O–H groups in total. The molecule has 9 nitrogen and oxygen atoms in total. The van der Waals surface area contributed by atoms with Crippen LogP contribution in [0.3, 0.4) is 0 Å². The van der Waals surface area contributed by atoms with Gasteiger partial charge in [0.2, 0.25) is 5.91 Å². The first-order chi connectivity index (χ1) is 12.0. The van der Waals surface area contributed by atoms with Crippen molar-refractivity contribution in [3.05, 3.63) is 27.2 Å². The van der Waals surface area contributed by atoms with Crippen molar-refractivity contribution in [2.75, 3.05) is 20.1 Å². The normalized spacial score (nSPS) is 12.1. The van der Waals surface area contributed by atoms with Crippen molar-refractivity contribution in [1.82, 2.24) is 28.9 Å². The molecular weight excluding hydrogens is 336 g/mol. The van der Waals surface area contributed by atoms with Crippen LogP contribution in [0.2, 0.25) is 0 Å². The first-order valence-corrected chi connectivity index (χ1v) is 8.61. The number of aromatic nitrogens is 4. The summed E-state index contributed by atoms with van der Waals surface area (Å²) < 4.78 is 4.24. The number of amides is 1. The number of carbonyl (C=O) groups excluding carboxylic acids is 1. The summed E-state index contributed by atoms with van der Waals surface area (Å²) in [6.07, 6.45) is 2.11. The molecule has 0 fully saturated rings. The van der Waals surface area contributed by atoms with Crippen molar-refractivity contribution in [3.63, 3.8) is 0 Å². The van der Waals surface area contributed by atoms with Crippen LogP contribution in [0.1, 0.15) is 27.2 Å². The Morgan fingerprint density at radius 3 is 2.54 bits per heavy atom. The topological polar surface area (TPSA) is 94.2 Å². The number of rotatable bonds is 6. The molecule has 2 heterocycles. The van der Waals surface area contributed by atoms with Crippen LogP contribution in [-0.4, -0.2) is 55.2 Å². The molecule has 0 atom stereocenters. The fourth-order valence-corrected chi connectivity index (χ4v) is 2.87. The molecule has 0 aliphatic rings. The highest BCUT2D eigenvalue weighted by molar-refractivity contribution is 5.78. The van der Waals surface area contributed by atoms with Crippen LogP contribution < -0.4 is 16.6 Å². The summed E-state index contributed by atoms with van der Waals surface area (Å²) in [6.45, 7) is 6.95. The second-order valence-corrected chi connectivity index (χ2v) is 7.72. The number of nitrogens with one attached hydrogen (secondary N) is 1. The zero-order chi connectivity index (χ0) is 19.6. The molecule has 9 heteroatoms. The Labute approximate surface area is 152 Å². The lowest BCUT2D eigenvalue weighted by atomic mass is 10.1. The molecule has 2 rings (SSSR count). The molecule has 0 aromatic carbocycles. The second-order valence-electron chi connectivity index (χ2n) is 7.72. The third-order valence-electron chi connectivity index (χ3n) is 4.05. The van der Waals surface area contributed by atoms with Gasteiger partial charge in [0.1, 0.15) is 0 Å². The molecule has 0 unspecified atom stereocenters. The first-order valence-electron chi connectivity index (χ1n) is 8.61. The van der Waals surface area contributed by atoms with Gasteiger partial charge in [-0.25, -0.2) is 9.78 Å². The third kappa shape index (κ3) is 4.40. The summed E-state index contributed by atoms with van der Waals surface area (Å²) in [5.41, 5.74) is -0.194.